The van der Waals surface area contributed by atoms with Crippen LogP contribution in [0.25, 0.3) is 6.08 Å². The van der Waals surface area contributed by atoms with Crippen LogP contribution in [0.15, 0.2) is 47.4 Å². The van der Waals surface area contributed by atoms with Gasteiger partial charge >= 0.3 is 0 Å². The van der Waals surface area contributed by atoms with E-state index in [4.69, 9.17) is 12.2 Å². The highest BCUT2D eigenvalue weighted by Gasteiger charge is 2.35. The Balaban J connectivity index is 1.64. The van der Waals surface area contributed by atoms with E-state index in [0.717, 1.165) is 24.8 Å². The minimum absolute atomic E-state index is 0.0354. The molecule has 0 saturated carbocycles. The summed E-state index contributed by atoms with van der Waals surface area (Å²) in [6, 6.07) is 9.87. The number of carbonyl (C=O) groups excluding carboxylic acids is 2. The van der Waals surface area contributed by atoms with E-state index in [0.29, 0.717) is 22.2 Å². The zero-order valence-electron chi connectivity index (χ0n) is 15.6. The molecule has 2 heterocycles. The number of benzene rings is 1. The van der Waals surface area contributed by atoms with E-state index < -0.39 is 0 Å². The van der Waals surface area contributed by atoms with Gasteiger partial charge in [-0.2, -0.15) is 0 Å². The topological polar surface area (TPSA) is 60.9 Å². The van der Waals surface area contributed by atoms with Crippen molar-refractivity contribution in [2.24, 2.45) is 0 Å². The molecule has 1 aromatic carbocycles. The van der Waals surface area contributed by atoms with Gasteiger partial charge in [0.1, 0.15) is 10.9 Å². The van der Waals surface area contributed by atoms with Crippen molar-refractivity contribution in [1.82, 2.24) is 9.80 Å². The summed E-state index contributed by atoms with van der Waals surface area (Å²) in [4.78, 5) is 29.2. The van der Waals surface area contributed by atoms with Crippen LogP contribution in [0.5, 0.6) is 0 Å². The normalized spacial score (nSPS) is 21.9. The number of aliphatic hydroxyl groups is 1. The fraction of sp³-hybridized carbons (Fsp3) is 0.381. The highest BCUT2D eigenvalue weighted by Crippen LogP contribution is 2.31. The van der Waals surface area contributed by atoms with Crippen molar-refractivity contribution in [3.63, 3.8) is 0 Å². The number of rotatable bonds is 6. The van der Waals surface area contributed by atoms with E-state index in [1.54, 1.807) is 11.0 Å². The third-order valence-electron chi connectivity index (χ3n) is 4.91. The van der Waals surface area contributed by atoms with Crippen molar-refractivity contribution in [3.05, 3.63) is 53.0 Å². The molecule has 2 fully saturated rings. The van der Waals surface area contributed by atoms with Gasteiger partial charge in [-0.05, 0) is 37.3 Å². The second-order valence-electron chi connectivity index (χ2n) is 6.81. The molecule has 1 aromatic rings. The highest BCUT2D eigenvalue weighted by molar-refractivity contribution is 8.26. The summed E-state index contributed by atoms with van der Waals surface area (Å²) in [6.07, 6.45) is 8.98. The van der Waals surface area contributed by atoms with Crippen molar-refractivity contribution in [3.8, 4) is 0 Å². The summed E-state index contributed by atoms with van der Waals surface area (Å²) in [5.41, 5.74) is 1.05. The summed E-state index contributed by atoms with van der Waals surface area (Å²) >= 11 is 6.55. The van der Waals surface area contributed by atoms with Gasteiger partial charge in [-0.25, -0.2) is 0 Å². The lowest BCUT2D eigenvalue weighted by Crippen LogP contribution is -2.49. The van der Waals surface area contributed by atoms with Crippen molar-refractivity contribution < 1.29 is 14.7 Å². The smallest absolute Gasteiger partial charge is 0.266 e. The molecule has 0 aliphatic carbocycles. The number of carbonyl (C=O) groups is 2. The summed E-state index contributed by atoms with van der Waals surface area (Å²) in [5, 5.41) is 9.25. The Kier molecular flexibility index (Phi) is 7.42. The average molecular weight is 417 g/mol. The Morgan fingerprint density at radius 1 is 1.29 bits per heavy atom. The van der Waals surface area contributed by atoms with Crippen LogP contribution in [0.2, 0.25) is 0 Å². The van der Waals surface area contributed by atoms with E-state index >= 15 is 0 Å². The molecule has 2 saturated heterocycles. The van der Waals surface area contributed by atoms with Crippen LogP contribution in [-0.4, -0.2) is 56.8 Å². The van der Waals surface area contributed by atoms with Crippen LogP contribution in [0.4, 0.5) is 0 Å². The Labute approximate surface area is 175 Å². The molecule has 0 radical (unpaired) electrons. The molecule has 28 heavy (non-hydrogen) atoms. The molecule has 5 nitrogen and oxygen atoms in total. The Morgan fingerprint density at radius 2 is 2.07 bits per heavy atom. The molecule has 0 bridgehead atoms. The molecule has 0 unspecified atom stereocenters. The third kappa shape index (κ3) is 5.10. The van der Waals surface area contributed by atoms with Crippen molar-refractivity contribution in [2.45, 2.75) is 31.7 Å². The molecule has 7 heteroatoms. The lowest BCUT2D eigenvalue weighted by molar-refractivity contribution is -0.138. The monoisotopic (exact) mass is 416 g/mol. The van der Waals surface area contributed by atoms with Gasteiger partial charge < -0.3 is 10.0 Å². The lowest BCUT2D eigenvalue weighted by atomic mass is 9.99. The maximum Gasteiger partial charge on any atom is 0.266 e. The van der Waals surface area contributed by atoms with Crippen molar-refractivity contribution in [2.75, 3.05) is 19.7 Å². The van der Waals surface area contributed by atoms with Crippen molar-refractivity contribution >= 4 is 46.2 Å². The molecule has 148 valence electrons. The van der Waals surface area contributed by atoms with E-state index in [9.17, 15) is 14.7 Å². The first-order chi connectivity index (χ1) is 13.6. The quantitative estimate of drug-likeness (QED) is 0.570. The lowest BCUT2D eigenvalue weighted by Gasteiger charge is -2.36. The van der Waals surface area contributed by atoms with E-state index in [2.05, 4.69) is 0 Å². The number of nitrogens with zero attached hydrogens (tertiary/aromatic N) is 2. The van der Waals surface area contributed by atoms with Crippen LogP contribution < -0.4 is 0 Å². The van der Waals surface area contributed by atoms with E-state index in [1.807, 2.05) is 42.5 Å². The highest BCUT2D eigenvalue weighted by atomic mass is 32.2. The number of thioether (sulfide) groups is 1. The Morgan fingerprint density at radius 3 is 2.82 bits per heavy atom. The second kappa shape index (κ2) is 10.0. The predicted octanol–water partition coefficient (Wildman–Crippen LogP) is 3.21. The molecule has 1 N–H and O–H groups in total. The van der Waals surface area contributed by atoms with Gasteiger partial charge in [0.25, 0.3) is 5.91 Å². The molecule has 1 atom stereocenters. The van der Waals surface area contributed by atoms with Crippen molar-refractivity contribution in [1.29, 1.82) is 0 Å². The number of hydrogen-bond donors (Lipinski definition) is 1. The molecule has 2 amide bonds. The zero-order chi connectivity index (χ0) is 19.9. The average Bonchev–Trinajstić information content (AvgIpc) is 2.97. The van der Waals surface area contributed by atoms with Crippen LogP contribution in [-0.2, 0) is 9.59 Å². The molecule has 0 spiro atoms. The molecule has 0 aromatic heterocycles. The number of allylic oxidation sites excluding steroid dienone is 2. The summed E-state index contributed by atoms with van der Waals surface area (Å²) < 4.78 is 0.411. The molecule has 3 rings (SSSR count). The largest absolute Gasteiger partial charge is 0.396 e. The Bertz CT molecular complexity index is 790. The van der Waals surface area contributed by atoms with Gasteiger partial charge in [0, 0.05) is 19.2 Å². The maximum absolute atomic E-state index is 12.8. The first-order valence-corrected chi connectivity index (χ1v) is 10.7. The van der Waals surface area contributed by atoms with Gasteiger partial charge in [-0.15, -0.1) is 0 Å². The second-order valence-corrected chi connectivity index (χ2v) is 8.48. The number of thiocarbonyl (C=S) groups is 1. The van der Waals surface area contributed by atoms with Crippen LogP contribution in [0.3, 0.4) is 0 Å². The zero-order valence-corrected chi connectivity index (χ0v) is 17.3. The van der Waals surface area contributed by atoms with Crippen LogP contribution >= 0.6 is 24.0 Å². The number of hydrogen-bond acceptors (Lipinski definition) is 5. The number of piperidine rings is 1. The third-order valence-corrected chi connectivity index (χ3v) is 6.31. The van der Waals surface area contributed by atoms with Gasteiger partial charge in [0.15, 0.2) is 0 Å². The molecular formula is C21H24N2O3S2. The molecular weight excluding hydrogens is 392 g/mol. The standard InChI is InChI=1S/C21H24N2O3S2/c24-14-12-17-10-4-5-13-22(17)19(25)15-23-20(26)18(28-21(23)27)11-6-9-16-7-2-1-3-8-16/h1-3,6-9,11,17,24H,4-5,10,12-15H2/b9-6+,18-11-/t17-/m1/s1. The van der Waals surface area contributed by atoms with Crippen LogP contribution in [0.1, 0.15) is 31.2 Å². The number of aliphatic hydroxyl groups excluding tert-OH is 1. The number of amides is 2. The molecule has 2 aliphatic rings. The number of likely N-dealkylation sites (tertiary alicyclic amines) is 1. The van der Waals surface area contributed by atoms with Crippen LogP contribution in [0, 0.1) is 0 Å². The van der Waals surface area contributed by atoms with Gasteiger partial charge in [0.2, 0.25) is 5.91 Å². The predicted molar refractivity (Wildman–Crippen MR) is 117 cm³/mol. The fourth-order valence-corrected chi connectivity index (χ4v) is 4.67. The summed E-state index contributed by atoms with van der Waals surface area (Å²) in [6.45, 7) is 0.701. The van der Waals surface area contributed by atoms with E-state index in [-0.39, 0.29) is 31.0 Å². The van der Waals surface area contributed by atoms with E-state index in [1.165, 1.54) is 16.7 Å². The summed E-state index contributed by atoms with van der Waals surface area (Å²) in [7, 11) is 0. The molecule has 2 aliphatic heterocycles. The minimum atomic E-state index is -0.225. The fourth-order valence-electron chi connectivity index (χ4n) is 3.47. The SMILES string of the molecule is O=C1/C(=C/C=C/c2ccccc2)SC(=S)N1CC(=O)N1CCCC[C@@H]1CCO. The first-order valence-electron chi connectivity index (χ1n) is 9.47. The minimum Gasteiger partial charge on any atom is -0.396 e. The van der Waals surface area contributed by atoms with Gasteiger partial charge in [0.05, 0.1) is 4.91 Å². The summed E-state index contributed by atoms with van der Waals surface area (Å²) in [5.74, 6) is -0.327. The van der Waals surface area contributed by atoms with Gasteiger partial charge in [-0.1, -0.05) is 66.5 Å². The Hall–Kier alpha value is -1.96. The van der Waals surface area contributed by atoms with Gasteiger partial charge in [-0.3, -0.25) is 14.5 Å². The first kappa shape index (κ1) is 20.8. The maximum atomic E-state index is 12.8.